The van der Waals surface area contributed by atoms with Crippen molar-refractivity contribution in [3.8, 4) is 0 Å². The number of esters is 1. The molecule has 0 spiro atoms. The van der Waals surface area contributed by atoms with E-state index < -0.39 is 17.9 Å². The maximum absolute atomic E-state index is 12.7. The largest absolute Gasteiger partial charge is 0.467 e. The predicted molar refractivity (Wildman–Crippen MR) is 111 cm³/mol. The van der Waals surface area contributed by atoms with E-state index in [2.05, 4.69) is 10.6 Å². The van der Waals surface area contributed by atoms with E-state index in [0.717, 1.165) is 22.9 Å². The van der Waals surface area contributed by atoms with Crippen molar-refractivity contribution in [1.82, 2.24) is 10.6 Å². The number of amidine groups is 1. The quantitative estimate of drug-likeness (QED) is 0.603. The number of ether oxygens (including phenoxy) is 1. The van der Waals surface area contributed by atoms with Crippen LogP contribution >= 0.6 is 11.8 Å². The lowest BCUT2D eigenvalue weighted by Crippen LogP contribution is -2.43. The van der Waals surface area contributed by atoms with Crippen LogP contribution in [0.1, 0.15) is 21.5 Å². The maximum atomic E-state index is 12.7. The number of hydrogen-bond acceptors (Lipinski definition) is 6. The van der Waals surface area contributed by atoms with E-state index in [-0.39, 0.29) is 16.3 Å². The molecule has 1 unspecified atom stereocenters. The molecule has 7 nitrogen and oxygen atoms in total. The summed E-state index contributed by atoms with van der Waals surface area (Å²) < 4.78 is 4.83. The average Bonchev–Trinajstić information content (AvgIpc) is 3.04. The molecular formula is C21H21N3O4S. The summed E-state index contributed by atoms with van der Waals surface area (Å²) in [7, 11) is 1.29. The van der Waals surface area contributed by atoms with Crippen LogP contribution in [0.25, 0.3) is 0 Å². The molecule has 1 fully saturated rings. The van der Waals surface area contributed by atoms with Crippen LogP contribution < -0.4 is 10.6 Å². The minimum atomic E-state index is -0.810. The number of amides is 2. The van der Waals surface area contributed by atoms with Crippen LogP contribution in [-0.4, -0.2) is 41.4 Å². The zero-order valence-corrected chi connectivity index (χ0v) is 16.6. The van der Waals surface area contributed by atoms with Gasteiger partial charge in [0, 0.05) is 12.0 Å². The minimum Gasteiger partial charge on any atom is -0.467 e. The van der Waals surface area contributed by atoms with Crippen LogP contribution in [0.5, 0.6) is 0 Å². The summed E-state index contributed by atoms with van der Waals surface area (Å²) in [6, 6.07) is 15.5. The molecular weight excluding hydrogens is 390 g/mol. The molecule has 3 N–H and O–H groups in total. The first-order valence-corrected chi connectivity index (χ1v) is 9.92. The van der Waals surface area contributed by atoms with Crippen LogP contribution in [0.3, 0.4) is 0 Å². The number of nitrogens with one attached hydrogen (secondary N) is 3. The lowest BCUT2D eigenvalue weighted by Gasteiger charge is -2.17. The molecule has 150 valence electrons. The van der Waals surface area contributed by atoms with Crippen LogP contribution in [0.15, 0.2) is 54.6 Å². The summed E-state index contributed by atoms with van der Waals surface area (Å²) >= 11 is 1.16. The molecule has 1 saturated heterocycles. The molecule has 0 radical (unpaired) electrons. The van der Waals surface area contributed by atoms with Crippen LogP contribution in [-0.2, 0) is 27.2 Å². The fraction of sp³-hybridized carbons (Fsp3) is 0.238. The average molecular weight is 411 g/mol. The normalized spacial score (nSPS) is 16.8. The fourth-order valence-corrected chi connectivity index (χ4v) is 3.92. The molecule has 2 aromatic carbocycles. The van der Waals surface area contributed by atoms with Gasteiger partial charge in [0.05, 0.1) is 12.4 Å². The van der Waals surface area contributed by atoms with Crippen LogP contribution in [0.4, 0.5) is 0 Å². The highest BCUT2D eigenvalue weighted by atomic mass is 32.2. The molecule has 1 aliphatic heterocycles. The number of benzene rings is 2. The Morgan fingerprint density at radius 3 is 2.55 bits per heavy atom. The van der Waals surface area contributed by atoms with Gasteiger partial charge in [0.1, 0.15) is 6.04 Å². The van der Waals surface area contributed by atoms with Gasteiger partial charge in [-0.3, -0.25) is 15.0 Å². The van der Waals surface area contributed by atoms with Crippen molar-refractivity contribution in [2.75, 3.05) is 7.11 Å². The Kier molecular flexibility index (Phi) is 6.66. The van der Waals surface area contributed by atoms with E-state index in [1.54, 1.807) is 18.2 Å². The first-order valence-electron chi connectivity index (χ1n) is 9.04. The Balaban J connectivity index is 1.70. The number of carbonyl (C=O) groups excluding carboxylic acids is 3. The molecule has 3 rings (SSSR count). The van der Waals surface area contributed by atoms with Crippen molar-refractivity contribution in [2.45, 2.75) is 24.1 Å². The van der Waals surface area contributed by atoms with E-state index in [4.69, 9.17) is 10.1 Å². The van der Waals surface area contributed by atoms with E-state index in [9.17, 15) is 14.4 Å². The lowest BCUT2D eigenvalue weighted by molar-refractivity contribution is -0.142. The SMILES string of the molecule is COC(=O)[C@H](Cc1ccccc1)NC(=O)c1cccc(CC2SC(=N)NC2=O)c1. The third kappa shape index (κ3) is 5.45. The second kappa shape index (κ2) is 9.38. The molecule has 2 amide bonds. The summed E-state index contributed by atoms with van der Waals surface area (Å²) in [6.45, 7) is 0. The number of hydrogen-bond donors (Lipinski definition) is 3. The maximum Gasteiger partial charge on any atom is 0.328 e. The Morgan fingerprint density at radius 2 is 1.90 bits per heavy atom. The lowest BCUT2D eigenvalue weighted by atomic mass is 10.0. The van der Waals surface area contributed by atoms with Crippen molar-refractivity contribution in [1.29, 1.82) is 5.41 Å². The van der Waals surface area contributed by atoms with Gasteiger partial charge in [-0.15, -0.1) is 0 Å². The minimum absolute atomic E-state index is 0.135. The monoisotopic (exact) mass is 411 g/mol. The van der Waals surface area contributed by atoms with Gasteiger partial charge < -0.3 is 15.4 Å². The van der Waals surface area contributed by atoms with Gasteiger partial charge in [-0.1, -0.05) is 54.2 Å². The second-order valence-corrected chi connectivity index (χ2v) is 7.78. The van der Waals surface area contributed by atoms with Gasteiger partial charge in [-0.2, -0.15) is 0 Å². The van der Waals surface area contributed by atoms with Gasteiger partial charge in [0.15, 0.2) is 5.17 Å². The Morgan fingerprint density at radius 1 is 1.17 bits per heavy atom. The van der Waals surface area contributed by atoms with Crippen molar-refractivity contribution in [2.24, 2.45) is 0 Å². The van der Waals surface area contributed by atoms with Gasteiger partial charge in [-0.05, 0) is 29.7 Å². The van der Waals surface area contributed by atoms with Crippen molar-refractivity contribution in [3.05, 3.63) is 71.3 Å². The standard InChI is InChI=1S/C21H21N3O4S/c1-28-20(27)16(11-13-6-3-2-4-7-13)23-18(25)15-9-5-8-14(10-15)12-17-19(26)24-21(22)29-17/h2-10,16-17H,11-12H2,1H3,(H,23,25)(H2,22,24,26)/t16-,17?/m0/s1. The highest BCUT2D eigenvalue weighted by molar-refractivity contribution is 8.15. The Labute approximate surface area is 172 Å². The van der Waals surface area contributed by atoms with Crippen molar-refractivity contribution in [3.63, 3.8) is 0 Å². The summed E-state index contributed by atoms with van der Waals surface area (Å²) in [5.74, 6) is -1.12. The van der Waals surface area contributed by atoms with Crippen LogP contribution in [0.2, 0.25) is 0 Å². The highest BCUT2D eigenvalue weighted by Crippen LogP contribution is 2.22. The first kappa shape index (κ1) is 20.6. The number of thioether (sulfide) groups is 1. The van der Waals surface area contributed by atoms with Gasteiger partial charge in [-0.25, -0.2) is 4.79 Å². The summed E-state index contributed by atoms with van der Waals surface area (Å²) in [5, 5.41) is 12.5. The van der Waals surface area contributed by atoms with Gasteiger partial charge in [0.25, 0.3) is 5.91 Å². The molecule has 8 heteroatoms. The zero-order chi connectivity index (χ0) is 20.8. The Hall–Kier alpha value is -3.13. The molecule has 0 bridgehead atoms. The molecule has 29 heavy (non-hydrogen) atoms. The molecule has 2 aromatic rings. The third-order valence-electron chi connectivity index (χ3n) is 4.47. The first-order chi connectivity index (χ1) is 14.0. The van der Waals surface area contributed by atoms with E-state index in [0.29, 0.717) is 18.4 Å². The fourth-order valence-electron chi connectivity index (χ4n) is 3.03. The highest BCUT2D eigenvalue weighted by Gasteiger charge is 2.29. The summed E-state index contributed by atoms with van der Waals surface area (Å²) in [4.78, 5) is 36.7. The predicted octanol–water partition coefficient (Wildman–Crippen LogP) is 1.91. The topological polar surface area (TPSA) is 108 Å². The van der Waals surface area contributed by atoms with Crippen LogP contribution in [0, 0.1) is 5.41 Å². The summed E-state index contributed by atoms with van der Waals surface area (Å²) in [6.07, 6.45) is 0.727. The molecule has 0 aromatic heterocycles. The van der Waals surface area contributed by atoms with E-state index in [1.165, 1.54) is 7.11 Å². The van der Waals surface area contributed by atoms with Gasteiger partial charge in [0.2, 0.25) is 5.91 Å². The van der Waals surface area contributed by atoms with E-state index in [1.807, 2.05) is 36.4 Å². The number of methoxy groups -OCH3 is 1. The van der Waals surface area contributed by atoms with Crippen molar-refractivity contribution < 1.29 is 19.1 Å². The Bertz CT molecular complexity index is 933. The molecule has 0 saturated carbocycles. The molecule has 1 heterocycles. The van der Waals surface area contributed by atoms with E-state index >= 15 is 0 Å². The third-order valence-corrected chi connectivity index (χ3v) is 5.48. The molecule has 0 aliphatic carbocycles. The molecule has 1 aliphatic rings. The second-order valence-electron chi connectivity index (χ2n) is 6.57. The van der Waals surface area contributed by atoms with Gasteiger partial charge >= 0.3 is 5.97 Å². The zero-order valence-electron chi connectivity index (χ0n) is 15.8. The smallest absolute Gasteiger partial charge is 0.328 e. The molecule has 2 atom stereocenters. The number of carbonyl (C=O) groups is 3. The summed E-state index contributed by atoms with van der Waals surface area (Å²) in [5.41, 5.74) is 2.10. The van der Waals surface area contributed by atoms with Crippen molar-refractivity contribution >= 4 is 34.7 Å². The number of rotatable bonds is 7.